The van der Waals surface area contributed by atoms with E-state index in [0.29, 0.717) is 23.7 Å². The van der Waals surface area contributed by atoms with Gasteiger partial charge in [-0.05, 0) is 48.9 Å². The van der Waals surface area contributed by atoms with Crippen molar-refractivity contribution in [3.05, 3.63) is 64.7 Å². The Hall–Kier alpha value is -2.73. The highest BCUT2D eigenvalue weighted by Crippen LogP contribution is 2.11. The molecule has 0 atom stereocenters. The lowest BCUT2D eigenvalue weighted by atomic mass is 10.2. The molecule has 6 nitrogen and oxygen atoms in total. The van der Waals surface area contributed by atoms with Crippen LogP contribution in [0.5, 0.6) is 5.75 Å². The first kappa shape index (κ1) is 18.6. The van der Waals surface area contributed by atoms with Gasteiger partial charge in [0.1, 0.15) is 12.4 Å². The molecule has 7 heteroatoms. The lowest BCUT2D eigenvalue weighted by Gasteiger charge is -2.08. The van der Waals surface area contributed by atoms with E-state index in [1.54, 1.807) is 24.3 Å². The first-order valence-corrected chi connectivity index (χ1v) is 8.10. The molecule has 2 aromatic carbocycles. The second kappa shape index (κ2) is 9.54. The first-order chi connectivity index (χ1) is 12.0. The van der Waals surface area contributed by atoms with Crippen molar-refractivity contribution in [2.75, 3.05) is 19.8 Å². The number of amides is 1. The molecule has 3 N–H and O–H groups in total. The maximum Gasteiger partial charge on any atom is 0.260 e. The lowest BCUT2D eigenvalue weighted by Crippen LogP contribution is -2.31. The molecule has 1 amide bonds. The summed E-state index contributed by atoms with van der Waals surface area (Å²) in [5.41, 5.74) is 7.54. The van der Waals surface area contributed by atoms with Crippen LogP contribution in [-0.4, -0.2) is 31.5 Å². The highest BCUT2D eigenvalue weighted by molar-refractivity contribution is 6.30. The molecule has 0 saturated heterocycles. The van der Waals surface area contributed by atoms with E-state index in [1.165, 1.54) is 0 Å². The summed E-state index contributed by atoms with van der Waals surface area (Å²) in [4.78, 5) is 16.6. The third-order valence-electron chi connectivity index (χ3n) is 3.18. The normalized spacial score (nSPS) is 11.0. The Morgan fingerprint density at radius 2 is 2.00 bits per heavy atom. The van der Waals surface area contributed by atoms with Gasteiger partial charge in [-0.3, -0.25) is 4.79 Å². The second-order valence-corrected chi connectivity index (χ2v) is 5.71. The number of carbonyl (C=O) groups is 1. The van der Waals surface area contributed by atoms with E-state index in [-0.39, 0.29) is 18.3 Å². The molecule has 0 aliphatic carbocycles. The third kappa shape index (κ3) is 6.73. The molecule has 0 radical (unpaired) electrons. The van der Waals surface area contributed by atoms with Crippen LogP contribution in [0.1, 0.15) is 11.1 Å². The highest BCUT2D eigenvalue weighted by Gasteiger charge is 2.03. The van der Waals surface area contributed by atoms with Crippen LogP contribution in [0, 0.1) is 6.92 Å². The predicted octanol–water partition coefficient (Wildman–Crippen LogP) is 2.48. The number of benzene rings is 2. The van der Waals surface area contributed by atoms with Crippen molar-refractivity contribution in [1.29, 1.82) is 0 Å². The number of nitrogens with two attached hydrogens (primary N) is 1. The van der Waals surface area contributed by atoms with Crippen LogP contribution in [0.25, 0.3) is 0 Å². The fourth-order valence-corrected chi connectivity index (χ4v) is 2.08. The zero-order valence-corrected chi connectivity index (χ0v) is 14.6. The summed E-state index contributed by atoms with van der Waals surface area (Å²) in [6.45, 7) is 2.50. The minimum atomic E-state index is -0.305. The molecule has 0 fully saturated rings. The number of oxime groups is 1. The number of amidine groups is 1. The quantitative estimate of drug-likeness (QED) is 0.327. The molecule has 132 valence electrons. The minimum Gasteiger partial charge on any atom is -0.492 e. The van der Waals surface area contributed by atoms with Crippen LogP contribution in [0.3, 0.4) is 0 Å². The van der Waals surface area contributed by atoms with Gasteiger partial charge < -0.3 is 20.6 Å². The van der Waals surface area contributed by atoms with Gasteiger partial charge in [-0.2, -0.15) is 0 Å². The second-order valence-electron chi connectivity index (χ2n) is 5.27. The average Bonchev–Trinajstić information content (AvgIpc) is 2.59. The van der Waals surface area contributed by atoms with Crippen LogP contribution in [0.15, 0.2) is 53.7 Å². The molecular formula is C18H20ClN3O3. The van der Waals surface area contributed by atoms with Crippen LogP contribution < -0.4 is 15.8 Å². The van der Waals surface area contributed by atoms with E-state index in [2.05, 4.69) is 10.5 Å². The third-order valence-corrected chi connectivity index (χ3v) is 3.43. The van der Waals surface area contributed by atoms with Crippen LogP contribution in [0.4, 0.5) is 0 Å². The van der Waals surface area contributed by atoms with Gasteiger partial charge in [-0.15, -0.1) is 0 Å². The molecule has 2 rings (SSSR count). The Labute approximate surface area is 151 Å². The van der Waals surface area contributed by atoms with Crippen molar-refractivity contribution in [3.63, 3.8) is 0 Å². The molecule has 0 heterocycles. The number of hydrogen-bond acceptors (Lipinski definition) is 4. The SMILES string of the molecule is Cc1cccc(OCCNC(=O)CON=C(N)c2ccc(Cl)cc2)c1. The molecule has 0 saturated carbocycles. The molecular weight excluding hydrogens is 342 g/mol. The number of nitrogens with one attached hydrogen (secondary N) is 1. The Morgan fingerprint density at radius 1 is 1.24 bits per heavy atom. The maximum absolute atomic E-state index is 11.7. The standard InChI is InChI=1S/C18H20ClN3O3/c1-13-3-2-4-16(11-13)24-10-9-21-17(23)12-25-22-18(20)14-5-7-15(19)8-6-14/h2-8,11H,9-10,12H2,1H3,(H2,20,22)(H,21,23). The van der Waals surface area contributed by atoms with Crippen LogP contribution in [0.2, 0.25) is 5.02 Å². The molecule has 0 unspecified atom stereocenters. The summed E-state index contributed by atoms with van der Waals surface area (Å²) in [6.07, 6.45) is 0. The monoisotopic (exact) mass is 361 g/mol. The Morgan fingerprint density at radius 3 is 2.72 bits per heavy atom. The van der Waals surface area contributed by atoms with Gasteiger partial charge in [0.05, 0.1) is 6.54 Å². The summed E-state index contributed by atoms with van der Waals surface area (Å²) in [5, 5.41) is 6.98. The predicted molar refractivity (Wildman–Crippen MR) is 97.8 cm³/mol. The summed E-state index contributed by atoms with van der Waals surface area (Å²) in [6, 6.07) is 14.5. The zero-order chi connectivity index (χ0) is 18.1. The lowest BCUT2D eigenvalue weighted by molar-refractivity contribution is -0.125. The topological polar surface area (TPSA) is 85.9 Å². The van der Waals surface area contributed by atoms with Crippen molar-refractivity contribution in [2.45, 2.75) is 6.92 Å². The number of aryl methyl sites for hydroxylation is 1. The smallest absolute Gasteiger partial charge is 0.260 e. The van der Waals surface area contributed by atoms with Crippen molar-refractivity contribution >= 4 is 23.3 Å². The summed E-state index contributed by atoms with van der Waals surface area (Å²) >= 11 is 5.79. The van der Waals surface area contributed by atoms with Gasteiger partial charge in [0.25, 0.3) is 5.91 Å². The van der Waals surface area contributed by atoms with Gasteiger partial charge in [0.15, 0.2) is 12.4 Å². The number of rotatable bonds is 8. The number of nitrogens with zero attached hydrogens (tertiary/aromatic N) is 1. The maximum atomic E-state index is 11.7. The minimum absolute atomic E-state index is 0.173. The van der Waals surface area contributed by atoms with Crippen molar-refractivity contribution in [3.8, 4) is 5.75 Å². The van der Waals surface area contributed by atoms with Gasteiger partial charge in [-0.25, -0.2) is 0 Å². The fourth-order valence-electron chi connectivity index (χ4n) is 1.95. The van der Waals surface area contributed by atoms with Crippen molar-refractivity contribution in [2.24, 2.45) is 10.9 Å². The molecule has 0 aliphatic rings. The largest absolute Gasteiger partial charge is 0.492 e. The van der Waals surface area contributed by atoms with Crippen LogP contribution >= 0.6 is 11.6 Å². The molecule has 0 aliphatic heterocycles. The Balaban J connectivity index is 1.65. The molecule has 0 spiro atoms. The van der Waals surface area contributed by atoms with E-state index < -0.39 is 0 Å². The van der Waals surface area contributed by atoms with Gasteiger partial charge in [0, 0.05) is 10.6 Å². The summed E-state index contributed by atoms with van der Waals surface area (Å²) in [7, 11) is 0. The van der Waals surface area contributed by atoms with E-state index in [9.17, 15) is 4.79 Å². The molecule has 25 heavy (non-hydrogen) atoms. The number of halogens is 1. The zero-order valence-electron chi connectivity index (χ0n) is 13.9. The van der Waals surface area contributed by atoms with E-state index >= 15 is 0 Å². The van der Waals surface area contributed by atoms with Crippen molar-refractivity contribution in [1.82, 2.24) is 5.32 Å². The fraction of sp³-hybridized carbons (Fsp3) is 0.222. The van der Waals surface area contributed by atoms with Gasteiger partial charge in [-0.1, -0.05) is 28.9 Å². The number of hydrogen-bond donors (Lipinski definition) is 2. The van der Waals surface area contributed by atoms with Gasteiger partial charge >= 0.3 is 0 Å². The van der Waals surface area contributed by atoms with E-state index in [0.717, 1.165) is 11.3 Å². The Bertz CT molecular complexity index is 733. The molecule has 0 aromatic heterocycles. The number of ether oxygens (including phenoxy) is 1. The van der Waals surface area contributed by atoms with Crippen molar-refractivity contribution < 1.29 is 14.4 Å². The summed E-state index contributed by atoms with van der Waals surface area (Å²) < 4.78 is 5.53. The molecule has 0 bridgehead atoms. The Kier molecular flexibility index (Phi) is 7.10. The number of carbonyl (C=O) groups excluding carboxylic acids is 1. The first-order valence-electron chi connectivity index (χ1n) is 7.72. The highest BCUT2D eigenvalue weighted by atomic mass is 35.5. The van der Waals surface area contributed by atoms with Crippen LogP contribution in [-0.2, 0) is 9.63 Å². The van der Waals surface area contributed by atoms with E-state index in [1.807, 2.05) is 31.2 Å². The van der Waals surface area contributed by atoms with Gasteiger partial charge in [0.2, 0.25) is 0 Å². The van der Waals surface area contributed by atoms with E-state index in [4.69, 9.17) is 26.9 Å². The summed E-state index contributed by atoms with van der Waals surface area (Å²) in [5.74, 6) is 0.638. The molecule has 2 aromatic rings. The average molecular weight is 362 g/mol.